The molecule has 2 rings (SSSR count). The first-order valence-electron chi connectivity index (χ1n) is 7.02. The Kier molecular flexibility index (Phi) is 11.4. The third-order valence-electron chi connectivity index (χ3n) is 3.56. The first-order chi connectivity index (χ1) is 11.4. The molecule has 144 valence electrons. The van der Waals surface area contributed by atoms with Gasteiger partial charge in [0.25, 0.3) is 7.82 Å². The van der Waals surface area contributed by atoms with Crippen molar-refractivity contribution in [3.8, 4) is 0 Å². The van der Waals surface area contributed by atoms with Crippen LogP contribution in [0.5, 0.6) is 0 Å². The molecule has 0 aliphatic carbocycles. The molecule has 5 atom stereocenters. The van der Waals surface area contributed by atoms with Gasteiger partial charge in [-0.25, -0.2) is 4.79 Å². The molecule has 2 aliphatic heterocycles. The molecule has 17 heteroatoms. The van der Waals surface area contributed by atoms with E-state index in [1.165, 1.54) is 0 Å². The summed E-state index contributed by atoms with van der Waals surface area (Å²) in [6.45, 7) is 0.784. The number of nitrogens with one attached hydrogen (secondary N) is 1. The van der Waals surface area contributed by atoms with Crippen molar-refractivity contribution in [3.63, 3.8) is 0 Å². The third-order valence-corrected chi connectivity index (χ3v) is 5.62. The summed E-state index contributed by atoms with van der Waals surface area (Å²) >= 11 is 0. The molecule has 27 heavy (non-hydrogen) atoms. The molecule has 0 radical (unpaired) electrons. The quantitative estimate of drug-likeness (QED) is 0.289. The number of phosphoric ester groups is 1. The Balaban J connectivity index is 0.00000338. The van der Waals surface area contributed by atoms with Crippen LogP contribution in [0.25, 0.3) is 0 Å². The van der Waals surface area contributed by atoms with Gasteiger partial charge in [-0.15, -0.1) is 0 Å². The molecule has 0 aromatic heterocycles. The van der Waals surface area contributed by atoms with Crippen molar-refractivity contribution in [1.29, 1.82) is 0 Å². The van der Waals surface area contributed by atoms with Crippen LogP contribution in [0.15, 0.2) is 0 Å². The Morgan fingerprint density at radius 3 is 2.44 bits per heavy atom. The van der Waals surface area contributed by atoms with Crippen molar-refractivity contribution in [3.05, 3.63) is 0 Å². The smallest absolute Gasteiger partial charge is 0.790 e. The van der Waals surface area contributed by atoms with Crippen LogP contribution in [0.3, 0.4) is 0 Å². The Bertz CT molecular complexity index is 647. The monoisotopic (exact) mass is 447 g/mol. The Morgan fingerprint density at radius 1 is 1.30 bits per heavy atom. The number of carbonyl (C=O) groups excluding carboxylic acids is 2. The van der Waals surface area contributed by atoms with E-state index in [0.717, 1.165) is 4.90 Å². The maximum absolute atomic E-state index is 11.8. The van der Waals surface area contributed by atoms with E-state index in [2.05, 4.69) is 14.2 Å². The van der Waals surface area contributed by atoms with E-state index < -0.39 is 58.5 Å². The second-order valence-electron chi connectivity index (χ2n) is 5.55. The summed E-state index contributed by atoms with van der Waals surface area (Å²) < 4.78 is 34.3. The molecule has 0 spiro atoms. The average Bonchev–Trinajstić information content (AvgIpc) is 2.79. The molecular weight excluding hydrogens is 432 g/mol. The maximum atomic E-state index is 11.8. The molecule has 0 bridgehead atoms. The van der Waals surface area contributed by atoms with Crippen molar-refractivity contribution in [1.82, 2.24) is 10.2 Å². The fourth-order valence-corrected chi connectivity index (χ4v) is 3.88. The SMILES string of the molecule is CC1CN(C2CC(O)C(COP(=O)([O-])OP(=O)([O-])[O-])O2)C(=O)NC1=O.[Na+].[Na+]. The summed E-state index contributed by atoms with van der Waals surface area (Å²) in [7, 11) is -11.3. The van der Waals surface area contributed by atoms with Crippen molar-refractivity contribution in [2.75, 3.05) is 13.2 Å². The van der Waals surface area contributed by atoms with Crippen LogP contribution in [0.4, 0.5) is 4.79 Å². The minimum Gasteiger partial charge on any atom is -0.790 e. The van der Waals surface area contributed by atoms with E-state index in [0.29, 0.717) is 0 Å². The minimum absolute atomic E-state index is 0. The molecule has 5 unspecified atom stereocenters. The summed E-state index contributed by atoms with van der Waals surface area (Å²) in [4.78, 5) is 56.1. The molecule has 2 saturated heterocycles. The molecule has 2 N–H and O–H groups in total. The summed E-state index contributed by atoms with van der Waals surface area (Å²) in [6, 6.07) is -0.724. The fraction of sp³-hybridized carbons (Fsp3) is 0.800. The number of ether oxygens (including phenoxy) is 1. The van der Waals surface area contributed by atoms with Gasteiger partial charge in [0.05, 0.1) is 26.5 Å². The third kappa shape index (κ3) is 8.41. The molecule has 2 fully saturated rings. The normalized spacial score (nSPS) is 30.8. The number of amides is 3. The number of phosphoric acid groups is 2. The van der Waals surface area contributed by atoms with Crippen LogP contribution in [0.2, 0.25) is 0 Å². The number of carbonyl (C=O) groups is 2. The van der Waals surface area contributed by atoms with Crippen LogP contribution in [0, 0.1) is 5.92 Å². The van der Waals surface area contributed by atoms with Crippen LogP contribution in [-0.4, -0.2) is 53.5 Å². The van der Waals surface area contributed by atoms with Gasteiger partial charge in [0.1, 0.15) is 12.3 Å². The van der Waals surface area contributed by atoms with Gasteiger partial charge >= 0.3 is 65.1 Å². The van der Waals surface area contributed by atoms with Gasteiger partial charge in [0.2, 0.25) is 5.91 Å². The van der Waals surface area contributed by atoms with Gasteiger partial charge in [-0.2, -0.15) is 0 Å². The molecule has 13 nitrogen and oxygen atoms in total. The van der Waals surface area contributed by atoms with E-state index in [9.17, 15) is 38.5 Å². The summed E-state index contributed by atoms with van der Waals surface area (Å²) in [5.41, 5.74) is 0. The summed E-state index contributed by atoms with van der Waals surface area (Å²) in [6.07, 6.45) is -3.50. The number of urea groups is 1. The number of aliphatic hydroxyl groups is 1. The van der Waals surface area contributed by atoms with E-state index in [4.69, 9.17) is 4.74 Å². The summed E-state index contributed by atoms with van der Waals surface area (Å²) in [5, 5.41) is 12.0. The van der Waals surface area contributed by atoms with Crippen molar-refractivity contribution < 1.29 is 111 Å². The van der Waals surface area contributed by atoms with Gasteiger partial charge in [-0.1, -0.05) is 6.92 Å². The molecule has 0 aromatic carbocycles. The number of hydrogen-bond donors (Lipinski definition) is 2. The van der Waals surface area contributed by atoms with Crippen molar-refractivity contribution in [2.45, 2.75) is 31.8 Å². The van der Waals surface area contributed by atoms with Gasteiger partial charge in [-0.3, -0.25) is 23.9 Å². The second-order valence-corrected chi connectivity index (χ2v) is 8.25. The zero-order valence-corrected chi connectivity index (χ0v) is 20.6. The molecule has 0 aromatic rings. The summed E-state index contributed by atoms with van der Waals surface area (Å²) in [5.74, 6) is -0.962. The van der Waals surface area contributed by atoms with E-state index in [1.54, 1.807) is 6.92 Å². The second kappa shape index (κ2) is 10.9. The van der Waals surface area contributed by atoms with Crippen LogP contribution < -0.4 is 79.1 Å². The van der Waals surface area contributed by atoms with Gasteiger partial charge in [0.15, 0.2) is 0 Å². The van der Waals surface area contributed by atoms with Crippen molar-refractivity contribution in [2.24, 2.45) is 5.92 Å². The fourth-order valence-electron chi connectivity index (χ4n) is 2.38. The van der Waals surface area contributed by atoms with Crippen molar-refractivity contribution >= 4 is 27.6 Å². The zero-order valence-electron chi connectivity index (χ0n) is 14.8. The van der Waals surface area contributed by atoms with Gasteiger partial charge in [0, 0.05) is 13.0 Å². The molecule has 2 heterocycles. The van der Waals surface area contributed by atoms with Crippen LogP contribution >= 0.6 is 15.6 Å². The van der Waals surface area contributed by atoms with E-state index >= 15 is 0 Å². The number of rotatable bonds is 6. The number of aliphatic hydroxyl groups excluding tert-OH is 1. The topological polar surface area (TPSA) is 201 Å². The Morgan fingerprint density at radius 2 is 1.89 bits per heavy atom. The number of nitrogens with zero attached hydrogens (tertiary/aromatic N) is 1. The van der Waals surface area contributed by atoms with Gasteiger partial charge < -0.3 is 33.6 Å². The van der Waals surface area contributed by atoms with E-state index in [-0.39, 0.29) is 72.1 Å². The molecule has 2 aliphatic rings. The number of hydrogen-bond acceptors (Lipinski definition) is 11. The van der Waals surface area contributed by atoms with Crippen LogP contribution in [0.1, 0.15) is 13.3 Å². The molecule has 3 amide bonds. The average molecular weight is 447 g/mol. The zero-order chi connectivity index (χ0) is 19.0. The molecule has 0 saturated carbocycles. The largest absolute Gasteiger partial charge is 1.00 e. The first-order valence-corrected chi connectivity index (χ1v) is 9.94. The Labute approximate surface area is 198 Å². The number of imide groups is 1. The Hall–Kier alpha value is 1.12. The maximum Gasteiger partial charge on any atom is 1.00 e. The van der Waals surface area contributed by atoms with E-state index in [1.807, 2.05) is 0 Å². The van der Waals surface area contributed by atoms with Crippen LogP contribution in [-0.2, 0) is 27.5 Å². The first kappa shape index (κ1) is 28.1. The minimum atomic E-state index is -5.82. The predicted octanol–water partition coefficient (Wildman–Crippen LogP) is -9.01. The molecular formula is C10H15N2Na2O11P2-. The standard InChI is InChI=1S/C10H18N2O11P2.2Na/c1-5-3-12(10(15)11-9(5)14)8-2-6(13)7(22-8)4-21-25(19,20)23-24(16,17)18;;/h5-8,13H,2-4H2,1H3,(H,19,20)(H,11,14,15)(H2,16,17,18);;/q;2*+1/p-3. The predicted molar refractivity (Wildman–Crippen MR) is 70.9 cm³/mol. The van der Waals surface area contributed by atoms with Gasteiger partial charge in [-0.05, 0) is 0 Å².